The molecule has 130 valence electrons. The number of aromatic amines is 1. The zero-order valence-corrected chi connectivity index (χ0v) is 15.0. The first kappa shape index (κ1) is 16.6. The molecule has 1 N–H and O–H groups in total. The number of para-hydroxylation sites is 1. The first-order chi connectivity index (χ1) is 12.6. The van der Waals surface area contributed by atoms with Gasteiger partial charge >= 0.3 is 0 Å². The average Bonchev–Trinajstić information content (AvgIpc) is 3.20. The van der Waals surface area contributed by atoms with Gasteiger partial charge in [-0.15, -0.1) is 0 Å². The van der Waals surface area contributed by atoms with Crippen LogP contribution >= 0.6 is 11.6 Å². The van der Waals surface area contributed by atoms with Crippen molar-refractivity contribution in [3.05, 3.63) is 65.9 Å². The fourth-order valence-corrected chi connectivity index (χ4v) is 3.45. The molecule has 4 nitrogen and oxygen atoms in total. The van der Waals surface area contributed by atoms with Crippen molar-refractivity contribution in [2.45, 2.75) is 19.8 Å². The van der Waals surface area contributed by atoms with Crippen LogP contribution in [0.15, 0.2) is 59.1 Å². The summed E-state index contributed by atoms with van der Waals surface area (Å²) in [4.78, 5) is 14.8. The molecule has 0 spiro atoms. The van der Waals surface area contributed by atoms with Crippen molar-refractivity contribution < 1.29 is 9.32 Å². The number of hydrogen-bond acceptors (Lipinski definition) is 3. The second kappa shape index (κ2) is 6.81. The minimum Gasteiger partial charge on any atom is -0.360 e. The topological polar surface area (TPSA) is 58.9 Å². The van der Waals surface area contributed by atoms with Crippen molar-refractivity contribution in [1.82, 2.24) is 10.1 Å². The molecule has 2 aromatic heterocycles. The molecule has 0 atom stereocenters. The number of halogens is 1. The van der Waals surface area contributed by atoms with Gasteiger partial charge in [-0.25, -0.2) is 0 Å². The third-order valence-electron chi connectivity index (χ3n) is 4.55. The van der Waals surface area contributed by atoms with Crippen LogP contribution in [-0.4, -0.2) is 15.4 Å². The number of aromatic nitrogens is 2. The van der Waals surface area contributed by atoms with E-state index < -0.39 is 0 Å². The third-order valence-corrected chi connectivity index (χ3v) is 4.73. The Kier molecular flexibility index (Phi) is 4.35. The van der Waals surface area contributed by atoms with Crippen LogP contribution < -0.4 is 0 Å². The summed E-state index contributed by atoms with van der Waals surface area (Å²) in [7, 11) is 0. The average molecular weight is 365 g/mol. The summed E-state index contributed by atoms with van der Waals surface area (Å²) in [6.07, 6.45) is 0.835. The molecule has 4 rings (SSSR count). The van der Waals surface area contributed by atoms with E-state index in [0.29, 0.717) is 6.42 Å². The van der Waals surface area contributed by atoms with E-state index >= 15 is 0 Å². The largest absolute Gasteiger partial charge is 0.360 e. The number of carbonyl (C=O) groups excluding carboxylic acids is 1. The smallest absolute Gasteiger partial charge is 0.221 e. The van der Waals surface area contributed by atoms with Gasteiger partial charge in [0.15, 0.2) is 0 Å². The summed E-state index contributed by atoms with van der Waals surface area (Å²) in [5.74, 6) is 0.730. The molecule has 0 amide bonds. The Labute approximate surface area is 155 Å². The highest BCUT2D eigenvalue weighted by Crippen LogP contribution is 2.38. The number of benzene rings is 2. The van der Waals surface area contributed by atoms with E-state index in [9.17, 15) is 4.79 Å². The number of hydrogen-bond donors (Lipinski definition) is 1. The predicted molar refractivity (Wildman–Crippen MR) is 103 cm³/mol. The third kappa shape index (κ3) is 2.93. The molecule has 5 heteroatoms. The van der Waals surface area contributed by atoms with Crippen molar-refractivity contribution >= 4 is 27.7 Å². The first-order valence-corrected chi connectivity index (χ1v) is 8.83. The zero-order valence-electron chi connectivity index (χ0n) is 14.3. The van der Waals surface area contributed by atoms with Crippen LogP contribution in [0.2, 0.25) is 0 Å². The SMILES string of the molecule is Cc1onc(-c2ccccc2)c1-c1[nH]c2ccccc2c1CCC(=O)Cl. The van der Waals surface area contributed by atoms with Crippen molar-refractivity contribution in [3.8, 4) is 22.5 Å². The van der Waals surface area contributed by atoms with Crippen LogP contribution in [0, 0.1) is 6.92 Å². The van der Waals surface area contributed by atoms with Gasteiger partial charge in [0.2, 0.25) is 5.24 Å². The van der Waals surface area contributed by atoms with Crippen LogP contribution in [0.3, 0.4) is 0 Å². The highest BCUT2D eigenvalue weighted by Gasteiger charge is 2.22. The van der Waals surface area contributed by atoms with Crippen molar-refractivity contribution in [2.75, 3.05) is 0 Å². The molecule has 0 saturated heterocycles. The van der Waals surface area contributed by atoms with Gasteiger partial charge in [-0.3, -0.25) is 4.79 Å². The van der Waals surface area contributed by atoms with E-state index in [1.54, 1.807) is 0 Å². The number of H-pyrrole nitrogens is 1. The molecule has 4 aromatic rings. The number of aryl methyl sites for hydroxylation is 2. The molecule has 0 unspecified atom stereocenters. The predicted octanol–water partition coefficient (Wildman–Crippen LogP) is 5.50. The summed E-state index contributed by atoms with van der Waals surface area (Å²) < 4.78 is 5.52. The Morgan fingerprint density at radius 3 is 2.62 bits per heavy atom. The number of carbonyl (C=O) groups is 1. The number of fused-ring (bicyclic) bond motifs is 1. The fourth-order valence-electron chi connectivity index (χ4n) is 3.36. The highest BCUT2D eigenvalue weighted by molar-refractivity contribution is 6.63. The fraction of sp³-hybridized carbons (Fsp3) is 0.143. The molecule has 0 aliphatic rings. The molecule has 0 aliphatic carbocycles. The summed E-state index contributed by atoms with van der Waals surface area (Å²) in [5.41, 5.74) is 5.69. The number of nitrogens with zero attached hydrogens (tertiary/aromatic N) is 1. The molecule has 0 radical (unpaired) electrons. The molecule has 26 heavy (non-hydrogen) atoms. The van der Waals surface area contributed by atoms with Crippen molar-refractivity contribution in [2.24, 2.45) is 0 Å². The number of rotatable bonds is 5. The Bertz CT molecular complexity index is 1080. The summed E-state index contributed by atoms with van der Waals surface area (Å²) >= 11 is 5.60. The van der Waals surface area contributed by atoms with Crippen molar-refractivity contribution in [1.29, 1.82) is 0 Å². The maximum absolute atomic E-state index is 11.4. The second-order valence-electron chi connectivity index (χ2n) is 6.21. The normalized spacial score (nSPS) is 11.2. The Hall–Kier alpha value is -2.85. The van der Waals surface area contributed by atoms with Crippen LogP contribution in [-0.2, 0) is 11.2 Å². The molecule has 2 heterocycles. The minimum atomic E-state index is -0.341. The van der Waals surface area contributed by atoms with Crippen LogP contribution in [0.5, 0.6) is 0 Å². The molecule has 2 aromatic carbocycles. The molecule has 0 fully saturated rings. The summed E-state index contributed by atoms with van der Waals surface area (Å²) in [6, 6.07) is 18.0. The quantitative estimate of drug-likeness (QED) is 0.476. The zero-order chi connectivity index (χ0) is 18.1. The lowest BCUT2D eigenvalue weighted by Gasteiger charge is -2.05. The van der Waals surface area contributed by atoms with Gasteiger partial charge in [0.25, 0.3) is 0 Å². The van der Waals surface area contributed by atoms with Crippen LogP contribution in [0.25, 0.3) is 33.4 Å². The first-order valence-electron chi connectivity index (χ1n) is 8.45. The summed E-state index contributed by atoms with van der Waals surface area (Å²) in [6.45, 7) is 1.90. The lowest BCUT2D eigenvalue weighted by Crippen LogP contribution is -1.94. The van der Waals surface area contributed by atoms with Crippen molar-refractivity contribution in [3.63, 3.8) is 0 Å². The number of nitrogens with one attached hydrogen (secondary N) is 1. The lowest BCUT2D eigenvalue weighted by atomic mass is 9.98. The van der Waals surface area contributed by atoms with Crippen LogP contribution in [0.4, 0.5) is 0 Å². The van der Waals surface area contributed by atoms with Gasteiger partial charge in [0, 0.05) is 22.9 Å². The van der Waals surface area contributed by atoms with Gasteiger partial charge in [0.1, 0.15) is 11.5 Å². The Morgan fingerprint density at radius 1 is 1.12 bits per heavy atom. The van der Waals surface area contributed by atoms with E-state index in [1.165, 1.54) is 0 Å². The molecule has 0 saturated carbocycles. The van der Waals surface area contributed by atoms with E-state index in [0.717, 1.165) is 44.7 Å². The maximum atomic E-state index is 11.4. The standard InChI is InChI=1S/C21H17ClN2O2/c1-13-19(20(24-26-13)14-7-3-2-4-8-14)21-16(11-12-18(22)25)15-9-5-6-10-17(15)23-21/h2-10,23H,11-12H2,1H3. The Morgan fingerprint density at radius 2 is 1.85 bits per heavy atom. The van der Waals surface area contributed by atoms with E-state index in [-0.39, 0.29) is 11.7 Å². The Balaban J connectivity index is 1.94. The monoisotopic (exact) mass is 364 g/mol. The van der Waals surface area contributed by atoms with Gasteiger partial charge in [0.05, 0.1) is 11.3 Å². The van der Waals surface area contributed by atoms with Gasteiger partial charge < -0.3 is 9.51 Å². The van der Waals surface area contributed by atoms with Gasteiger partial charge in [-0.2, -0.15) is 0 Å². The second-order valence-corrected chi connectivity index (χ2v) is 6.63. The minimum absolute atomic E-state index is 0.279. The van der Waals surface area contributed by atoms with Gasteiger partial charge in [-0.1, -0.05) is 53.7 Å². The lowest BCUT2D eigenvalue weighted by molar-refractivity contribution is -0.111. The molecular weight excluding hydrogens is 348 g/mol. The molecule has 0 bridgehead atoms. The van der Waals surface area contributed by atoms with E-state index in [4.69, 9.17) is 16.1 Å². The van der Waals surface area contributed by atoms with Gasteiger partial charge in [-0.05, 0) is 36.6 Å². The summed E-state index contributed by atoms with van der Waals surface area (Å²) in [5, 5.41) is 5.02. The van der Waals surface area contributed by atoms with Crippen LogP contribution in [0.1, 0.15) is 17.7 Å². The van der Waals surface area contributed by atoms with E-state index in [1.807, 2.05) is 55.5 Å². The molecular formula is C21H17ClN2O2. The highest BCUT2D eigenvalue weighted by atomic mass is 35.5. The van der Waals surface area contributed by atoms with E-state index in [2.05, 4.69) is 16.2 Å². The maximum Gasteiger partial charge on any atom is 0.221 e. The molecule has 0 aliphatic heterocycles.